The number of hydrogen-bond donors (Lipinski definition) is 0. The zero-order valence-corrected chi connectivity index (χ0v) is 12.6. The molecule has 0 spiro atoms. The summed E-state index contributed by atoms with van der Waals surface area (Å²) in [6.07, 6.45) is 3.76. The first kappa shape index (κ1) is 15.2. The van der Waals surface area contributed by atoms with Crippen molar-refractivity contribution in [2.45, 2.75) is 12.8 Å². The van der Waals surface area contributed by atoms with Gasteiger partial charge in [0.25, 0.3) is 0 Å². The molecule has 0 amide bonds. The van der Waals surface area contributed by atoms with Gasteiger partial charge in [0.1, 0.15) is 11.6 Å². The molecule has 0 aromatic heterocycles. The molecule has 0 N–H and O–H groups in total. The molecule has 2 aromatic carbocycles. The van der Waals surface area contributed by atoms with Crippen LogP contribution in [0.3, 0.4) is 0 Å². The maximum atomic E-state index is 14.3. The second-order valence-corrected chi connectivity index (χ2v) is 5.58. The molecule has 1 saturated heterocycles. The van der Waals surface area contributed by atoms with Gasteiger partial charge in [-0.05, 0) is 54.8 Å². The Balaban J connectivity index is 1.91. The fourth-order valence-corrected chi connectivity index (χ4v) is 2.77. The molecule has 116 valence electrons. The largest absolute Gasteiger partial charge is 0.371 e. The van der Waals surface area contributed by atoms with E-state index in [0.717, 1.165) is 31.6 Å². The molecule has 1 aliphatic heterocycles. The first-order valence-corrected chi connectivity index (χ1v) is 7.59. The van der Waals surface area contributed by atoms with E-state index >= 15 is 0 Å². The Bertz CT molecular complexity index is 767. The van der Waals surface area contributed by atoms with Gasteiger partial charge in [0, 0.05) is 24.3 Å². The molecule has 1 fully saturated rings. The predicted octanol–water partition coefficient (Wildman–Crippen LogP) is 4.63. The first-order chi connectivity index (χ1) is 11.2. The minimum absolute atomic E-state index is 0.304. The van der Waals surface area contributed by atoms with Crippen LogP contribution < -0.4 is 4.90 Å². The number of rotatable bonds is 3. The third-order valence-corrected chi connectivity index (χ3v) is 4.03. The van der Waals surface area contributed by atoms with Gasteiger partial charge in [-0.25, -0.2) is 8.78 Å². The Morgan fingerprint density at radius 1 is 1.04 bits per heavy atom. The van der Waals surface area contributed by atoms with Gasteiger partial charge >= 0.3 is 0 Å². The van der Waals surface area contributed by atoms with E-state index in [1.807, 2.05) is 12.1 Å². The van der Waals surface area contributed by atoms with Crippen LogP contribution in [0.25, 0.3) is 11.6 Å². The molecule has 3 rings (SSSR count). The van der Waals surface area contributed by atoms with Crippen LogP contribution in [-0.2, 0) is 0 Å². The third-order valence-electron chi connectivity index (χ3n) is 4.03. The maximum absolute atomic E-state index is 14.3. The van der Waals surface area contributed by atoms with Gasteiger partial charge in [-0.1, -0.05) is 12.1 Å². The number of nitrogens with zero attached hydrogens (tertiary/aromatic N) is 2. The van der Waals surface area contributed by atoms with E-state index in [-0.39, 0.29) is 11.6 Å². The summed E-state index contributed by atoms with van der Waals surface area (Å²) in [4.78, 5) is 2.15. The second kappa shape index (κ2) is 6.62. The quantitative estimate of drug-likeness (QED) is 0.610. The van der Waals surface area contributed by atoms with E-state index in [1.54, 1.807) is 6.07 Å². The lowest BCUT2D eigenvalue weighted by molar-refractivity contribution is 0.624. The molecule has 0 bridgehead atoms. The van der Waals surface area contributed by atoms with Gasteiger partial charge < -0.3 is 4.90 Å². The summed E-state index contributed by atoms with van der Waals surface area (Å²) in [5, 5.41) is 9.29. The summed E-state index contributed by atoms with van der Waals surface area (Å²) in [5.74, 6) is -0.726. The number of anilines is 1. The van der Waals surface area contributed by atoms with Gasteiger partial charge in [-0.15, -0.1) is 0 Å². The van der Waals surface area contributed by atoms with Crippen LogP contribution >= 0.6 is 0 Å². The highest BCUT2D eigenvalue weighted by molar-refractivity contribution is 5.89. The van der Waals surface area contributed by atoms with Crippen molar-refractivity contribution in [2.75, 3.05) is 18.0 Å². The van der Waals surface area contributed by atoms with Crippen LogP contribution in [0.15, 0.2) is 42.5 Å². The number of nitriles is 1. The molecule has 0 saturated carbocycles. The molecule has 4 heteroatoms. The normalized spacial score (nSPS) is 14.8. The molecular weight excluding hydrogens is 294 g/mol. The fraction of sp³-hybridized carbons (Fsp3) is 0.211. The van der Waals surface area contributed by atoms with Gasteiger partial charge in [0.2, 0.25) is 0 Å². The number of hydrogen-bond acceptors (Lipinski definition) is 2. The Hall–Kier alpha value is -2.67. The van der Waals surface area contributed by atoms with Crippen molar-refractivity contribution in [1.82, 2.24) is 0 Å². The molecule has 0 aliphatic carbocycles. The Morgan fingerprint density at radius 3 is 2.35 bits per heavy atom. The fourth-order valence-electron chi connectivity index (χ4n) is 2.77. The van der Waals surface area contributed by atoms with E-state index < -0.39 is 0 Å². The molecule has 0 atom stereocenters. The Kier molecular flexibility index (Phi) is 4.38. The first-order valence-electron chi connectivity index (χ1n) is 7.59. The molecule has 23 heavy (non-hydrogen) atoms. The standard InChI is InChI=1S/C19H16F2N2/c20-17-6-3-14(4-7-17)16(13-22)11-15-5-8-18(12-19(15)21)23-9-1-2-10-23/h3-8,11-12H,1-2,9-10H2/b16-11-. The van der Waals surface area contributed by atoms with Crippen molar-refractivity contribution in [2.24, 2.45) is 0 Å². The van der Waals surface area contributed by atoms with Gasteiger partial charge in [0.05, 0.1) is 11.6 Å². The van der Waals surface area contributed by atoms with Gasteiger partial charge in [0.15, 0.2) is 0 Å². The maximum Gasteiger partial charge on any atom is 0.132 e. The summed E-state index contributed by atoms with van der Waals surface area (Å²) in [5.41, 5.74) is 2.10. The Labute approximate surface area is 134 Å². The van der Waals surface area contributed by atoms with E-state index in [2.05, 4.69) is 4.90 Å². The number of benzene rings is 2. The predicted molar refractivity (Wildman–Crippen MR) is 87.7 cm³/mol. The van der Waals surface area contributed by atoms with E-state index in [1.165, 1.54) is 36.4 Å². The lowest BCUT2D eigenvalue weighted by atomic mass is 10.0. The molecule has 1 aliphatic rings. The second-order valence-electron chi connectivity index (χ2n) is 5.58. The molecule has 1 heterocycles. The van der Waals surface area contributed by atoms with Gasteiger partial charge in [-0.3, -0.25) is 0 Å². The van der Waals surface area contributed by atoms with Crippen molar-refractivity contribution >= 4 is 17.3 Å². The topological polar surface area (TPSA) is 27.0 Å². The summed E-state index contributed by atoms with van der Waals surface area (Å²) in [6.45, 7) is 1.90. The number of allylic oxidation sites excluding steroid dienone is 1. The van der Waals surface area contributed by atoms with Crippen LogP contribution in [0.5, 0.6) is 0 Å². The van der Waals surface area contributed by atoms with E-state index in [9.17, 15) is 14.0 Å². The van der Waals surface area contributed by atoms with Gasteiger partial charge in [-0.2, -0.15) is 5.26 Å². The zero-order chi connectivity index (χ0) is 16.2. The molecule has 0 radical (unpaired) electrons. The minimum Gasteiger partial charge on any atom is -0.371 e. The van der Waals surface area contributed by atoms with Crippen LogP contribution in [0.4, 0.5) is 14.5 Å². The van der Waals surface area contributed by atoms with E-state index in [4.69, 9.17) is 0 Å². The Morgan fingerprint density at radius 2 is 1.74 bits per heavy atom. The molecule has 2 nitrogen and oxygen atoms in total. The van der Waals surface area contributed by atoms with Crippen molar-refractivity contribution in [3.05, 3.63) is 65.2 Å². The molecule has 2 aromatic rings. The van der Waals surface area contributed by atoms with Crippen LogP contribution in [0.1, 0.15) is 24.0 Å². The van der Waals surface area contributed by atoms with Crippen molar-refractivity contribution in [3.63, 3.8) is 0 Å². The summed E-state index contributed by atoms with van der Waals surface area (Å²) in [7, 11) is 0. The van der Waals surface area contributed by atoms with E-state index in [0.29, 0.717) is 16.7 Å². The highest BCUT2D eigenvalue weighted by atomic mass is 19.1. The highest BCUT2D eigenvalue weighted by Crippen LogP contribution is 2.25. The van der Waals surface area contributed by atoms with Crippen LogP contribution in [0, 0.1) is 23.0 Å². The average molecular weight is 310 g/mol. The molecule has 0 unspecified atom stereocenters. The van der Waals surface area contributed by atoms with Crippen molar-refractivity contribution in [1.29, 1.82) is 5.26 Å². The smallest absolute Gasteiger partial charge is 0.132 e. The van der Waals surface area contributed by atoms with Crippen LogP contribution in [0.2, 0.25) is 0 Å². The summed E-state index contributed by atoms with van der Waals surface area (Å²) < 4.78 is 27.3. The van der Waals surface area contributed by atoms with Crippen molar-refractivity contribution < 1.29 is 8.78 Å². The monoisotopic (exact) mass is 310 g/mol. The summed E-state index contributed by atoms with van der Waals surface area (Å²) in [6, 6.07) is 12.7. The van der Waals surface area contributed by atoms with Crippen molar-refractivity contribution in [3.8, 4) is 6.07 Å². The number of halogens is 2. The highest BCUT2D eigenvalue weighted by Gasteiger charge is 2.14. The average Bonchev–Trinajstić information content (AvgIpc) is 3.09. The minimum atomic E-state index is -0.368. The summed E-state index contributed by atoms with van der Waals surface area (Å²) >= 11 is 0. The van der Waals surface area contributed by atoms with Crippen LogP contribution in [-0.4, -0.2) is 13.1 Å². The molecular formula is C19H16F2N2. The third kappa shape index (κ3) is 3.40. The lowest BCUT2D eigenvalue weighted by Gasteiger charge is -2.17. The lowest BCUT2D eigenvalue weighted by Crippen LogP contribution is -2.17. The zero-order valence-electron chi connectivity index (χ0n) is 12.6. The SMILES string of the molecule is N#C/C(=C/c1ccc(N2CCCC2)cc1F)c1ccc(F)cc1.